The van der Waals surface area contributed by atoms with Gasteiger partial charge in [0, 0.05) is 40.6 Å². The molecule has 0 aliphatic carbocycles. The molecule has 0 amide bonds. The first-order valence-electron chi connectivity index (χ1n) is 10.7. The second kappa shape index (κ2) is 18.0. The summed E-state index contributed by atoms with van der Waals surface area (Å²) in [5.74, 6) is -0.292. The van der Waals surface area contributed by atoms with Gasteiger partial charge in [0.05, 0.1) is 21.2 Å². The largest absolute Gasteiger partial charge is 1.00 e. The molecule has 0 saturated heterocycles. The molecule has 15 heteroatoms. The van der Waals surface area contributed by atoms with Crippen molar-refractivity contribution in [3.63, 3.8) is 0 Å². The van der Waals surface area contributed by atoms with Gasteiger partial charge in [-0.2, -0.15) is 0 Å². The van der Waals surface area contributed by atoms with E-state index in [4.69, 9.17) is 0 Å². The van der Waals surface area contributed by atoms with Crippen LogP contribution >= 0.6 is 0 Å². The van der Waals surface area contributed by atoms with Gasteiger partial charge in [-0.3, -0.25) is 9.98 Å². The summed E-state index contributed by atoms with van der Waals surface area (Å²) in [7, 11) is -9.10. The van der Waals surface area contributed by atoms with Crippen molar-refractivity contribution in [3.8, 4) is 11.5 Å². The number of aliphatic imine (C=N–C) groups is 2. The van der Waals surface area contributed by atoms with Gasteiger partial charge in [0.25, 0.3) is 0 Å². The fraction of sp³-hybridized carbons (Fsp3) is 0. The molecule has 4 aromatic carbocycles. The minimum absolute atomic E-state index is 0. The first kappa shape index (κ1) is 39.2. The van der Waals surface area contributed by atoms with Crippen molar-refractivity contribution in [2.24, 2.45) is 9.98 Å². The molecule has 4 rings (SSSR count). The average molecular weight is 662 g/mol. The Balaban J connectivity index is 0.000000727. The molecule has 0 aliphatic heterocycles. The number of benzene rings is 4. The van der Waals surface area contributed by atoms with Crippen molar-refractivity contribution >= 4 is 44.0 Å². The Hall–Kier alpha value is -1.84. The Kier molecular flexibility index (Phi) is 17.2. The number of phenols is 2. The van der Waals surface area contributed by atoms with Crippen LogP contribution in [0.15, 0.2) is 117 Å². The van der Waals surface area contributed by atoms with E-state index >= 15 is 0 Å². The molecule has 0 aromatic heterocycles. The van der Waals surface area contributed by atoms with Gasteiger partial charge in [-0.15, -0.1) is 0 Å². The summed E-state index contributed by atoms with van der Waals surface area (Å²) in [6.45, 7) is 0. The van der Waals surface area contributed by atoms with Gasteiger partial charge in [0.2, 0.25) is 0 Å². The van der Waals surface area contributed by atoms with E-state index in [-0.39, 0.29) is 98.8 Å². The second-order valence-electron chi connectivity index (χ2n) is 7.54. The van der Waals surface area contributed by atoms with Crippen LogP contribution in [0.4, 0.5) is 11.4 Å². The second-order valence-corrected chi connectivity index (χ2v) is 10.3. The average Bonchev–Trinajstić information content (AvgIpc) is 2.88. The van der Waals surface area contributed by atoms with Crippen molar-refractivity contribution in [2.45, 2.75) is 9.79 Å². The Bertz CT molecular complexity index is 1560. The molecular weight excluding hydrogens is 642 g/mol. The fourth-order valence-electron chi connectivity index (χ4n) is 2.90. The summed E-state index contributed by atoms with van der Waals surface area (Å²) in [6.07, 6.45) is 2.61. The van der Waals surface area contributed by atoms with Crippen molar-refractivity contribution in [1.82, 2.24) is 0 Å². The maximum Gasteiger partial charge on any atom is 1.00 e. The van der Waals surface area contributed by atoms with Gasteiger partial charge in [-0.25, -0.2) is 16.8 Å². The van der Waals surface area contributed by atoms with Crippen LogP contribution in [0, 0.1) is 0 Å². The summed E-state index contributed by atoms with van der Waals surface area (Å²) >= 11 is 0. The van der Waals surface area contributed by atoms with Gasteiger partial charge in [0.15, 0.2) is 0 Å². The van der Waals surface area contributed by atoms with Crippen LogP contribution in [0.25, 0.3) is 0 Å². The zero-order valence-electron chi connectivity index (χ0n) is 21.7. The van der Waals surface area contributed by atoms with Gasteiger partial charge in [0.1, 0.15) is 31.7 Å². The number of para-hydroxylation sites is 2. The molecule has 207 valence electrons. The normalized spacial score (nSPS) is 11.0. The van der Waals surface area contributed by atoms with Crippen LogP contribution in [0.1, 0.15) is 11.1 Å². The molecule has 0 heterocycles. The van der Waals surface area contributed by atoms with Crippen LogP contribution in [-0.4, -0.2) is 48.6 Å². The number of aromatic hydroxyl groups is 2. The van der Waals surface area contributed by atoms with Crippen molar-refractivity contribution in [2.75, 3.05) is 0 Å². The fourth-order valence-corrected chi connectivity index (χ4v) is 3.91. The first-order chi connectivity index (χ1) is 17.9. The van der Waals surface area contributed by atoms with E-state index < -0.39 is 30.0 Å². The molecule has 0 atom stereocenters. The van der Waals surface area contributed by atoms with Crippen molar-refractivity contribution in [1.29, 1.82) is 0 Å². The smallest absolute Gasteiger partial charge is 0.744 e. The van der Waals surface area contributed by atoms with E-state index in [0.717, 1.165) is 36.4 Å². The Morgan fingerprint density at radius 2 is 0.878 bits per heavy atom. The third-order valence-electron chi connectivity index (χ3n) is 4.79. The first-order valence-corrected chi connectivity index (χ1v) is 13.5. The summed E-state index contributed by atoms with van der Waals surface area (Å²) in [4.78, 5) is 7.35. The van der Waals surface area contributed by atoms with Gasteiger partial charge < -0.3 is 19.3 Å². The predicted octanol–water partition coefficient (Wildman–Crippen LogP) is -1.90. The number of phenolic OH excluding ortho intramolecular Hbond substituents is 2. The molecule has 0 fully saturated rings. The molecule has 0 saturated carbocycles. The predicted molar refractivity (Wildman–Crippen MR) is 140 cm³/mol. The van der Waals surface area contributed by atoms with Crippen molar-refractivity contribution < 1.29 is 112 Å². The topological polar surface area (TPSA) is 180 Å². The third kappa shape index (κ3) is 12.9. The monoisotopic (exact) mass is 661 g/mol. The molecule has 0 unspecified atom stereocenters. The van der Waals surface area contributed by atoms with E-state index in [1.165, 1.54) is 12.4 Å². The summed E-state index contributed by atoms with van der Waals surface area (Å²) in [6, 6.07) is 24.4. The molecule has 2 N–H and O–H groups in total. The summed E-state index contributed by atoms with van der Waals surface area (Å²) in [5.41, 5.74) is 1.64. The standard InChI is InChI=1S/2C13H11NO4S.Cu.2Na/c2*15-13-7-6-12(19(16,17)18)8-10(13)9-14-11-4-2-1-3-5-11;;;/h2*1-9,15H,(H,16,17,18);;;/q;;;2*+1/p-2. The maximum atomic E-state index is 10.9. The quantitative estimate of drug-likeness (QED) is 0.137. The number of hydrogen-bond donors (Lipinski definition) is 2. The van der Waals surface area contributed by atoms with Crippen LogP contribution in [0.2, 0.25) is 0 Å². The zero-order valence-corrected chi connectivity index (χ0v) is 28.3. The molecular formula is C26H20CuN2Na2O8S2. The van der Waals surface area contributed by atoms with Crippen molar-refractivity contribution in [3.05, 3.63) is 108 Å². The van der Waals surface area contributed by atoms with E-state index in [1.807, 2.05) is 12.1 Å². The maximum absolute atomic E-state index is 10.9. The summed E-state index contributed by atoms with van der Waals surface area (Å²) < 4.78 is 65.3. The number of rotatable bonds is 6. The molecule has 0 spiro atoms. The number of nitrogens with zero attached hydrogens (tertiary/aromatic N) is 2. The number of hydrogen-bond acceptors (Lipinski definition) is 10. The van der Waals surface area contributed by atoms with Crippen LogP contribution in [-0.2, 0) is 37.3 Å². The zero-order chi connectivity index (χ0) is 27.8. The van der Waals surface area contributed by atoms with E-state index in [0.29, 0.717) is 11.4 Å². The Morgan fingerprint density at radius 3 is 1.17 bits per heavy atom. The minimum Gasteiger partial charge on any atom is -0.744 e. The van der Waals surface area contributed by atoms with E-state index in [9.17, 15) is 36.2 Å². The Labute approximate surface area is 292 Å². The molecule has 10 nitrogen and oxygen atoms in total. The van der Waals surface area contributed by atoms with Gasteiger partial charge in [-0.05, 0) is 60.7 Å². The molecule has 1 radical (unpaired) electrons. The Morgan fingerprint density at radius 1 is 0.561 bits per heavy atom. The third-order valence-corrected chi connectivity index (χ3v) is 6.46. The molecule has 41 heavy (non-hydrogen) atoms. The van der Waals surface area contributed by atoms with E-state index in [1.54, 1.807) is 48.5 Å². The van der Waals surface area contributed by atoms with Crippen LogP contribution < -0.4 is 59.1 Å². The molecule has 4 aromatic rings. The van der Waals surface area contributed by atoms with Crippen LogP contribution in [0.3, 0.4) is 0 Å². The van der Waals surface area contributed by atoms with Gasteiger partial charge >= 0.3 is 59.1 Å². The summed E-state index contributed by atoms with van der Waals surface area (Å²) in [5, 5.41) is 19.2. The SMILES string of the molecule is O=S(=O)([O-])c1ccc(O)c(C=Nc2ccccc2)c1.O=S(=O)([O-])c1ccc(O)c(C=Nc2ccccc2)c1.[Cu].[Na+].[Na+]. The van der Waals surface area contributed by atoms with Crippen LogP contribution in [0.5, 0.6) is 11.5 Å². The van der Waals surface area contributed by atoms with E-state index in [2.05, 4.69) is 9.98 Å². The van der Waals surface area contributed by atoms with Gasteiger partial charge in [-0.1, -0.05) is 36.4 Å². The molecule has 0 aliphatic rings. The molecule has 0 bridgehead atoms. The minimum atomic E-state index is -4.55.